The van der Waals surface area contributed by atoms with Gasteiger partial charge in [-0.05, 0) is 12.1 Å². The van der Waals surface area contributed by atoms with Crippen LogP contribution in [-0.2, 0) is 4.57 Å². The van der Waals surface area contributed by atoms with Crippen molar-refractivity contribution in [2.24, 2.45) is 0 Å². The summed E-state index contributed by atoms with van der Waals surface area (Å²) >= 11 is 0. The van der Waals surface area contributed by atoms with E-state index in [-0.39, 0.29) is 8.46 Å². The smallest absolute Gasteiger partial charge is 0.0903 e. The summed E-state index contributed by atoms with van der Waals surface area (Å²) in [4.78, 5) is 3.76. The van der Waals surface area contributed by atoms with Gasteiger partial charge in [-0.1, -0.05) is 0 Å². The second-order valence-electron chi connectivity index (χ2n) is 1.34. The highest BCUT2D eigenvalue weighted by molar-refractivity contribution is 7.34. The van der Waals surface area contributed by atoms with Gasteiger partial charge in [0.15, 0.2) is 0 Å². The fraction of sp³-hybridized carbons (Fsp3) is 0. The van der Waals surface area contributed by atoms with Gasteiger partial charge in [0, 0.05) is 17.7 Å². The van der Waals surface area contributed by atoms with Crippen LogP contribution in [0.4, 0.5) is 0 Å². The molecule has 0 aliphatic rings. The molecule has 1 heterocycles. The number of hydrogen-bond acceptors (Lipinski definition) is 2. The molecule has 0 spiro atoms. The molecule has 1 rings (SSSR count). The number of pyridine rings is 1. The van der Waals surface area contributed by atoms with Crippen molar-refractivity contribution in [2.75, 3.05) is 0 Å². The van der Waals surface area contributed by atoms with Gasteiger partial charge >= 0.3 is 0 Å². The minimum absolute atomic E-state index is 0.360. The molecule has 0 amide bonds. The molecule has 0 saturated carbocycles. The molecule has 1 aromatic heterocycles. The van der Waals surface area contributed by atoms with Crippen LogP contribution in [0, 0.1) is 0 Å². The van der Waals surface area contributed by atoms with Crippen molar-refractivity contribution in [1.82, 2.24) is 4.98 Å². The zero-order valence-electron chi connectivity index (χ0n) is 4.16. The molecule has 0 bridgehead atoms. The van der Waals surface area contributed by atoms with E-state index in [1.165, 1.54) is 0 Å². The van der Waals surface area contributed by atoms with E-state index in [0.717, 1.165) is 5.30 Å². The fourth-order valence-electron chi connectivity index (χ4n) is 0.420. The molecule has 0 N–H and O–H groups in total. The van der Waals surface area contributed by atoms with E-state index in [0.29, 0.717) is 0 Å². The molecule has 41 valence electrons. The number of aromatic nitrogens is 1. The van der Waals surface area contributed by atoms with Gasteiger partial charge in [0.25, 0.3) is 0 Å². The molecular weight excluding hydrogens is 121 g/mol. The fourth-order valence-corrected chi connectivity index (χ4v) is 0.705. The Kier molecular flexibility index (Phi) is 1.70. The molecule has 1 atom stereocenters. The Morgan fingerprint density at radius 3 is 2.38 bits per heavy atom. The SMILES string of the molecule is O=[PH]c1ccncc1. The number of hydrogen-bond donors (Lipinski definition) is 0. The van der Waals surface area contributed by atoms with Crippen LogP contribution in [0.2, 0.25) is 0 Å². The average Bonchev–Trinajstić information content (AvgIpc) is 1.90. The second-order valence-corrected chi connectivity index (χ2v) is 2.12. The van der Waals surface area contributed by atoms with E-state index in [9.17, 15) is 4.57 Å². The first kappa shape index (κ1) is 5.39. The summed E-state index contributed by atoms with van der Waals surface area (Å²) in [5.41, 5.74) is 0. The van der Waals surface area contributed by atoms with E-state index in [2.05, 4.69) is 4.98 Å². The van der Waals surface area contributed by atoms with Crippen LogP contribution in [0.1, 0.15) is 0 Å². The highest BCUT2D eigenvalue weighted by Gasteiger charge is 1.80. The Labute approximate surface area is 48.8 Å². The van der Waals surface area contributed by atoms with Crippen LogP contribution in [-0.4, -0.2) is 4.98 Å². The van der Waals surface area contributed by atoms with E-state index in [1.54, 1.807) is 24.5 Å². The number of rotatable bonds is 1. The van der Waals surface area contributed by atoms with Crippen LogP contribution in [0.15, 0.2) is 24.5 Å². The first-order valence-electron chi connectivity index (χ1n) is 2.21. The zero-order valence-corrected chi connectivity index (χ0v) is 5.16. The van der Waals surface area contributed by atoms with Gasteiger partial charge in [-0.25, -0.2) is 0 Å². The van der Waals surface area contributed by atoms with Gasteiger partial charge in [0.05, 0.1) is 8.46 Å². The van der Waals surface area contributed by atoms with Gasteiger partial charge in [-0.15, -0.1) is 0 Å². The van der Waals surface area contributed by atoms with Gasteiger partial charge in [0.1, 0.15) is 0 Å². The van der Waals surface area contributed by atoms with E-state index < -0.39 is 0 Å². The van der Waals surface area contributed by atoms with E-state index in [4.69, 9.17) is 0 Å². The highest BCUT2D eigenvalue weighted by Crippen LogP contribution is 1.90. The van der Waals surface area contributed by atoms with Crippen molar-refractivity contribution >= 4 is 13.8 Å². The van der Waals surface area contributed by atoms with Gasteiger partial charge in [-0.3, -0.25) is 9.55 Å². The molecule has 0 aromatic carbocycles. The lowest BCUT2D eigenvalue weighted by molar-refractivity contribution is 0.603. The topological polar surface area (TPSA) is 30.0 Å². The predicted molar refractivity (Wildman–Crippen MR) is 32.9 cm³/mol. The summed E-state index contributed by atoms with van der Waals surface area (Å²) in [5.74, 6) is 0. The zero-order chi connectivity index (χ0) is 5.82. The lowest BCUT2D eigenvalue weighted by Gasteiger charge is -1.81. The van der Waals surface area contributed by atoms with Crippen LogP contribution in [0.3, 0.4) is 0 Å². The van der Waals surface area contributed by atoms with Crippen molar-refractivity contribution in [3.8, 4) is 0 Å². The van der Waals surface area contributed by atoms with Crippen molar-refractivity contribution in [3.05, 3.63) is 24.5 Å². The lowest BCUT2D eigenvalue weighted by atomic mass is 10.5. The molecule has 1 aromatic rings. The Morgan fingerprint density at radius 2 is 2.00 bits per heavy atom. The van der Waals surface area contributed by atoms with Crippen molar-refractivity contribution in [2.45, 2.75) is 0 Å². The highest BCUT2D eigenvalue weighted by atomic mass is 31.1. The third-order valence-corrected chi connectivity index (χ3v) is 1.37. The molecule has 1 radical (unpaired) electrons. The Bertz CT molecular complexity index is 175. The normalized spacial score (nSPS) is 9.50. The van der Waals surface area contributed by atoms with Crippen LogP contribution in [0.25, 0.3) is 0 Å². The van der Waals surface area contributed by atoms with Gasteiger partial charge < -0.3 is 0 Å². The maximum absolute atomic E-state index is 10.1. The molecular formula is C5H5NOP. The summed E-state index contributed by atoms with van der Waals surface area (Å²) in [7, 11) is -0.360. The van der Waals surface area contributed by atoms with Crippen LogP contribution >= 0.6 is 8.46 Å². The summed E-state index contributed by atoms with van der Waals surface area (Å²) in [6, 6.07) is 3.46. The monoisotopic (exact) mass is 126 g/mol. The second kappa shape index (κ2) is 2.53. The minimum atomic E-state index is -0.360. The molecule has 3 heteroatoms. The Balaban J connectivity index is 2.99. The summed E-state index contributed by atoms with van der Waals surface area (Å²) in [6.07, 6.45) is 3.25. The van der Waals surface area contributed by atoms with Gasteiger partial charge in [0.2, 0.25) is 0 Å². The molecule has 1 unspecified atom stereocenters. The standard InChI is InChI=1S/C5H5NOP/c7-8-5-1-3-6-4-2-5/h1-4,8H. The molecule has 2 nitrogen and oxygen atoms in total. The molecule has 0 aliphatic carbocycles. The van der Waals surface area contributed by atoms with Crippen LogP contribution in [0.5, 0.6) is 0 Å². The first-order valence-corrected chi connectivity index (χ1v) is 3.12. The van der Waals surface area contributed by atoms with Gasteiger partial charge in [-0.2, -0.15) is 0 Å². The predicted octanol–water partition coefficient (Wildman–Crippen LogP) is 0.731. The molecule has 0 aliphatic heterocycles. The summed E-state index contributed by atoms with van der Waals surface area (Å²) in [6.45, 7) is 0. The summed E-state index contributed by atoms with van der Waals surface area (Å²) < 4.78 is 10.1. The Morgan fingerprint density at radius 1 is 1.38 bits per heavy atom. The largest absolute Gasteiger partial charge is 0.285 e. The third kappa shape index (κ3) is 1.11. The summed E-state index contributed by atoms with van der Waals surface area (Å²) in [5, 5.41) is 0.819. The maximum Gasteiger partial charge on any atom is 0.0903 e. The number of nitrogens with zero attached hydrogens (tertiary/aromatic N) is 1. The van der Waals surface area contributed by atoms with Crippen molar-refractivity contribution in [3.63, 3.8) is 0 Å². The molecule has 8 heavy (non-hydrogen) atoms. The van der Waals surface area contributed by atoms with Crippen molar-refractivity contribution in [1.29, 1.82) is 0 Å². The Hall–Kier alpha value is -0.750. The lowest BCUT2D eigenvalue weighted by Crippen LogP contribution is -1.87. The maximum atomic E-state index is 10.1. The van der Waals surface area contributed by atoms with Crippen LogP contribution < -0.4 is 5.30 Å². The molecule has 0 fully saturated rings. The molecule has 0 saturated heterocycles. The first-order chi connectivity index (χ1) is 3.93. The average molecular weight is 126 g/mol. The van der Waals surface area contributed by atoms with E-state index >= 15 is 0 Å². The van der Waals surface area contributed by atoms with Crippen molar-refractivity contribution < 1.29 is 4.57 Å². The quantitative estimate of drug-likeness (QED) is 0.519. The third-order valence-electron chi connectivity index (χ3n) is 0.798. The minimum Gasteiger partial charge on any atom is -0.285 e. The van der Waals surface area contributed by atoms with E-state index in [1.807, 2.05) is 0 Å².